The molecule has 3 rings (SSSR count). The topological polar surface area (TPSA) is 70.8 Å². The van der Waals surface area contributed by atoms with Gasteiger partial charge in [0, 0.05) is 58.6 Å². The molecule has 0 aliphatic carbocycles. The third kappa shape index (κ3) is 3.59. The van der Waals surface area contributed by atoms with Crippen molar-refractivity contribution in [2.75, 3.05) is 33.3 Å². The summed E-state index contributed by atoms with van der Waals surface area (Å²) in [7, 11) is 3.56. The summed E-state index contributed by atoms with van der Waals surface area (Å²) in [6.07, 6.45) is 5.14. The number of rotatable bonds is 4. The maximum Gasteiger partial charge on any atom is 0.254 e. The van der Waals surface area contributed by atoms with Crippen molar-refractivity contribution >= 4 is 5.91 Å². The zero-order valence-corrected chi connectivity index (χ0v) is 15.7. The summed E-state index contributed by atoms with van der Waals surface area (Å²) < 4.78 is 7.37. The van der Waals surface area contributed by atoms with Crippen molar-refractivity contribution in [1.29, 1.82) is 0 Å². The molecule has 0 radical (unpaired) electrons. The average molecular weight is 350 g/mol. The molecule has 140 valence electrons. The summed E-state index contributed by atoms with van der Waals surface area (Å²) in [4.78, 5) is 21.3. The first kappa shape index (κ1) is 18.4. The van der Waals surface area contributed by atoms with Gasteiger partial charge in [-0.25, -0.2) is 4.98 Å². The highest BCUT2D eigenvalue weighted by Crippen LogP contribution is 2.36. The summed E-state index contributed by atoms with van der Waals surface area (Å²) in [5, 5.41) is 11.0. The van der Waals surface area contributed by atoms with Crippen LogP contribution in [-0.2, 0) is 23.1 Å². The van der Waals surface area contributed by atoms with Gasteiger partial charge in [-0.1, -0.05) is 0 Å². The number of carbonyl (C=O) groups is 1. The van der Waals surface area contributed by atoms with Gasteiger partial charge < -0.3 is 19.3 Å². The van der Waals surface area contributed by atoms with E-state index in [1.54, 1.807) is 21.0 Å². The number of carbonyl (C=O) groups excluding carboxylic acids is 1. The van der Waals surface area contributed by atoms with Crippen molar-refractivity contribution in [1.82, 2.24) is 19.4 Å². The minimum atomic E-state index is -0.823. The van der Waals surface area contributed by atoms with Crippen molar-refractivity contribution in [3.8, 4) is 0 Å². The van der Waals surface area contributed by atoms with Crippen molar-refractivity contribution in [2.45, 2.75) is 44.4 Å². The van der Waals surface area contributed by atoms with Crippen molar-refractivity contribution < 1.29 is 14.6 Å². The summed E-state index contributed by atoms with van der Waals surface area (Å²) in [6, 6.07) is 0. The Kier molecular flexibility index (Phi) is 4.92. The van der Waals surface area contributed by atoms with Gasteiger partial charge in [-0.2, -0.15) is 0 Å². The molecule has 0 saturated carbocycles. The van der Waals surface area contributed by atoms with Gasteiger partial charge in [0.05, 0.1) is 12.1 Å². The number of hydrogen-bond donors (Lipinski definition) is 1. The number of aromatic nitrogens is 2. The van der Waals surface area contributed by atoms with E-state index in [-0.39, 0.29) is 11.8 Å². The Morgan fingerprint density at radius 1 is 1.40 bits per heavy atom. The standard InChI is InChI=1S/C18H30N4O3/c1-17(2,25-4)16(23)22-9-6-18(24)5-8-21(11-14(18)12-22)13-15-19-7-10-20(15)3/h7,10,14,24H,5-6,8-9,11-13H2,1-4H3/t14-,18-/m0/s1. The van der Waals surface area contributed by atoms with Crippen LogP contribution >= 0.6 is 0 Å². The first-order chi connectivity index (χ1) is 11.7. The fraction of sp³-hybridized carbons (Fsp3) is 0.778. The normalized spacial score (nSPS) is 28.0. The summed E-state index contributed by atoms with van der Waals surface area (Å²) in [5.74, 6) is 1.08. The van der Waals surface area contributed by atoms with Crippen LogP contribution in [0.1, 0.15) is 32.5 Å². The Morgan fingerprint density at radius 3 is 2.76 bits per heavy atom. The van der Waals surface area contributed by atoms with Crippen LogP contribution in [0.2, 0.25) is 0 Å². The third-order valence-electron chi connectivity index (χ3n) is 5.95. The molecule has 1 amide bonds. The number of amides is 1. The van der Waals surface area contributed by atoms with Crippen LogP contribution in [0, 0.1) is 5.92 Å². The number of likely N-dealkylation sites (tertiary alicyclic amines) is 2. The van der Waals surface area contributed by atoms with Crippen molar-refractivity contribution in [2.24, 2.45) is 13.0 Å². The number of piperidine rings is 2. The van der Waals surface area contributed by atoms with E-state index in [4.69, 9.17) is 4.74 Å². The molecule has 0 aromatic carbocycles. The van der Waals surface area contributed by atoms with Crippen LogP contribution < -0.4 is 0 Å². The molecule has 2 fully saturated rings. The van der Waals surface area contributed by atoms with Crippen LogP contribution in [-0.4, -0.2) is 74.9 Å². The second kappa shape index (κ2) is 6.70. The smallest absolute Gasteiger partial charge is 0.254 e. The highest BCUT2D eigenvalue weighted by molar-refractivity contribution is 5.84. The highest BCUT2D eigenvalue weighted by atomic mass is 16.5. The predicted molar refractivity (Wildman–Crippen MR) is 93.8 cm³/mol. The molecule has 1 N–H and O–H groups in total. The summed E-state index contributed by atoms with van der Waals surface area (Å²) in [6.45, 7) is 7.18. The quantitative estimate of drug-likeness (QED) is 0.862. The second-order valence-corrected chi connectivity index (χ2v) is 7.96. The molecule has 7 nitrogen and oxygen atoms in total. The Bertz CT molecular complexity index is 630. The molecule has 7 heteroatoms. The van der Waals surface area contributed by atoms with E-state index in [1.807, 2.05) is 28.9 Å². The molecule has 0 unspecified atom stereocenters. The molecule has 3 heterocycles. The maximum atomic E-state index is 12.7. The van der Waals surface area contributed by atoms with Gasteiger partial charge in [0.25, 0.3) is 5.91 Å². The number of aryl methyl sites for hydroxylation is 1. The van der Waals surface area contributed by atoms with Gasteiger partial charge in [-0.15, -0.1) is 0 Å². The lowest BCUT2D eigenvalue weighted by atomic mass is 9.75. The number of aliphatic hydroxyl groups is 1. The summed E-state index contributed by atoms with van der Waals surface area (Å²) in [5.41, 5.74) is -1.48. The van der Waals surface area contributed by atoms with Crippen molar-refractivity contribution in [3.05, 3.63) is 18.2 Å². The van der Waals surface area contributed by atoms with Crippen LogP contribution in [0.5, 0.6) is 0 Å². The number of ether oxygens (including phenoxy) is 1. The van der Waals surface area contributed by atoms with E-state index >= 15 is 0 Å². The first-order valence-corrected chi connectivity index (χ1v) is 9.00. The van der Waals surface area contributed by atoms with Crippen LogP contribution in [0.25, 0.3) is 0 Å². The van der Waals surface area contributed by atoms with Gasteiger partial charge >= 0.3 is 0 Å². The lowest BCUT2D eigenvalue weighted by Crippen LogP contribution is -2.62. The number of fused-ring (bicyclic) bond motifs is 1. The van der Waals surface area contributed by atoms with Gasteiger partial charge in [0.15, 0.2) is 0 Å². The number of imidazole rings is 1. The lowest BCUT2D eigenvalue weighted by Gasteiger charge is -2.51. The molecule has 2 aliphatic heterocycles. The minimum Gasteiger partial charge on any atom is -0.389 e. The Hall–Kier alpha value is -1.44. The predicted octanol–water partition coefficient (Wildman–Crippen LogP) is 0.630. The molecule has 1 aromatic rings. The third-order valence-corrected chi connectivity index (χ3v) is 5.95. The lowest BCUT2D eigenvalue weighted by molar-refractivity contribution is -0.163. The van der Waals surface area contributed by atoms with E-state index in [0.717, 1.165) is 31.9 Å². The van der Waals surface area contributed by atoms with Crippen LogP contribution in [0.15, 0.2) is 12.4 Å². The molecule has 2 aliphatic rings. The van der Waals surface area contributed by atoms with E-state index in [9.17, 15) is 9.90 Å². The molecule has 0 spiro atoms. The van der Waals surface area contributed by atoms with Gasteiger partial charge in [0.2, 0.25) is 0 Å². The van der Waals surface area contributed by atoms with E-state index in [1.165, 1.54) is 0 Å². The zero-order valence-electron chi connectivity index (χ0n) is 15.7. The molecule has 0 bridgehead atoms. The summed E-state index contributed by atoms with van der Waals surface area (Å²) >= 11 is 0. The fourth-order valence-electron chi connectivity index (χ4n) is 3.92. The number of methoxy groups -OCH3 is 1. The molecule has 25 heavy (non-hydrogen) atoms. The van der Waals surface area contributed by atoms with Crippen LogP contribution in [0.4, 0.5) is 0 Å². The molecule has 2 saturated heterocycles. The van der Waals surface area contributed by atoms with E-state index < -0.39 is 11.2 Å². The molecular formula is C18H30N4O3. The minimum absolute atomic E-state index is 0.00160. The molecular weight excluding hydrogens is 320 g/mol. The number of hydrogen-bond acceptors (Lipinski definition) is 5. The largest absolute Gasteiger partial charge is 0.389 e. The Balaban J connectivity index is 1.67. The van der Waals surface area contributed by atoms with Crippen molar-refractivity contribution in [3.63, 3.8) is 0 Å². The SMILES string of the molecule is COC(C)(C)C(=O)N1CC[C@@]2(O)CCN(Cc3nccn3C)C[C@H]2C1. The second-order valence-electron chi connectivity index (χ2n) is 7.96. The Morgan fingerprint density at radius 2 is 2.12 bits per heavy atom. The molecule has 1 aromatic heterocycles. The van der Waals surface area contributed by atoms with Crippen LogP contribution in [0.3, 0.4) is 0 Å². The number of nitrogens with zero attached hydrogens (tertiary/aromatic N) is 4. The average Bonchev–Trinajstić information content (AvgIpc) is 2.99. The van der Waals surface area contributed by atoms with Gasteiger partial charge in [-0.05, 0) is 26.7 Å². The fourth-order valence-corrected chi connectivity index (χ4v) is 3.92. The molecule has 2 atom stereocenters. The maximum absolute atomic E-state index is 12.7. The monoisotopic (exact) mass is 350 g/mol. The van der Waals surface area contributed by atoms with Gasteiger partial charge in [-0.3, -0.25) is 9.69 Å². The Labute approximate surface area is 149 Å². The zero-order chi connectivity index (χ0) is 18.2. The van der Waals surface area contributed by atoms with E-state index in [0.29, 0.717) is 19.5 Å². The van der Waals surface area contributed by atoms with Gasteiger partial charge in [0.1, 0.15) is 11.4 Å². The highest BCUT2D eigenvalue weighted by Gasteiger charge is 2.47. The van der Waals surface area contributed by atoms with E-state index in [2.05, 4.69) is 9.88 Å². The first-order valence-electron chi connectivity index (χ1n) is 9.00.